The number of benzene rings is 10. The summed E-state index contributed by atoms with van der Waals surface area (Å²) in [6, 6.07) is 75.7. The van der Waals surface area contributed by atoms with Gasteiger partial charge >= 0.3 is 0 Å². The third kappa shape index (κ3) is 5.51. The largest absolute Gasteiger partial charge is 0.455 e. The van der Waals surface area contributed by atoms with Crippen molar-refractivity contribution in [1.82, 2.24) is 0 Å². The first-order valence-electron chi connectivity index (χ1n) is 20.1. The van der Waals surface area contributed by atoms with E-state index < -0.39 is 0 Å². The van der Waals surface area contributed by atoms with Crippen molar-refractivity contribution in [2.24, 2.45) is 0 Å². The molecule has 0 atom stereocenters. The molecular weight excluding hydrogens is 719 g/mol. The Morgan fingerprint density at radius 1 is 0.288 bits per heavy atom. The number of anilines is 3. The minimum atomic E-state index is 0.861. The molecule has 0 aliphatic rings. The molecule has 12 aromatic rings. The summed E-state index contributed by atoms with van der Waals surface area (Å²) in [4.78, 5) is 2.33. The molecule has 2 aromatic heterocycles. The second kappa shape index (κ2) is 13.4. The molecule has 0 amide bonds. The summed E-state index contributed by atoms with van der Waals surface area (Å²) in [5.74, 6) is 0. The van der Waals surface area contributed by atoms with E-state index in [2.05, 4.69) is 199 Å². The molecule has 3 nitrogen and oxygen atoms in total. The van der Waals surface area contributed by atoms with Gasteiger partial charge in [-0.2, -0.15) is 0 Å². The standard InChI is InChI=1S/C56H35NO2/c1-2-11-37(12-3-1)47-18-9-19-50-51-35-42(28-32-54(51)58-55(47)50)39-23-24-41-34-44(31-27-40(41)33-39)57(52-21-10-20-49-48-16-6-7-22-53(48)59-56(49)52)43-29-25-38(26-30-43)46-17-8-14-36-13-4-5-15-45(36)46/h1-35H. The number of nitrogens with zero attached hydrogens (tertiary/aromatic N) is 1. The van der Waals surface area contributed by atoms with Crippen LogP contribution < -0.4 is 4.90 Å². The first kappa shape index (κ1) is 33.3. The summed E-state index contributed by atoms with van der Waals surface area (Å²) >= 11 is 0. The van der Waals surface area contributed by atoms with E-state index in [-0.39, 0.29) is 0 Å². The molecule has 12 rings (SSSR count). The van der Waals surface area contributed by atoms with Gasteiger partial charge in [0, 0.05) is 38.5 Å². The Morgan fingerprint density at radius 2 is 0.864 bits per heavy atom. The maximum Gasteiger partial charge on any atom is 0.159 e. The zero-order chi connectivity index (χ0) is 38.9. The second-order valence-corrected chi connectivity index (χ2v) is 15.3. The second-order valence-electron chi connectivity index (χ2n) is 15.3. The summed E-state index contributed by atoms with van der Waals surface area (Å²) < 4.78 is 13.1. The molecule has 0 aliphatic carbocycles. The SMILES string of the molecule is c1ccc(-c2cccc3c2oc2ccc(-c4ccc5cc(N(c6ccc(-c7cccc8ccccc78)cc6)c6cccc7c6oc6ccccc67)ccc5c4)cc23)cc1. The topological polar surface area (TPSA) is 29.5 Å². The fourth-order valence-electron chi connectivity index (χ4n) is 8.98. The van der Waals surface area contributed by atoms with Crippen molar-refractivity contribution >= 4 is 82.5 Å². The highest BCUT2D eigenvalue weighted by Gasteiger charge is 2.20. The highest BCUT2D eigenvalue weighted by Crippen LogP contribution is 2.44. The van der Waals surface area contributed by atoms with Crippen LogP contribution in [0.4, 0.5) is 17.1 Å². The van der Waals surface area contributed by atoms with Crippen molar-refractivity contribution in [3.63, 3.8) is 0 Å². The van der Waals surface area contributed by atoms with Crippen molar-refractivity contribution in [2.45, 2.75) is 0 Å². The summed E-state index contributed by atoms with van der Waals surface area (Å²) in [5.41, 5.74) is 13.6. The van der Waals surface area contributed by atoms with Crippen LogP contribution in [0.5, 0.6) is 0 Å². The monoisotopic (exact) mass is 753 g/mol. The van der Waals surface area contributed by atoms with E-state index in [1.54, 1.807) is 0 Å². The van der Waals surface area contributed by atoms with Crippen LogP contribution in [0, 0.1) is 0 Å². The van der Waals surface area contributed by atoms with Crippen LogP contribution in [0.25, 0.3) is 98.8 Å². The Balaban J connectivity index is 0.961. The Labute approximate surface area is 340 Å². The molecule has 0 bridgehead atoms. The summed E-state index contributed by atoms with van der Waals surface area (Å²) in [5, 5.41) is 9.26. The summed E-state index contributed by atoms with van der Waals surface area (Å²) in [6.07, 6.45) is 0. The number of furan rings is 2. The van der Waals surface area contributed by atoms with E-state index >= 15 is 0 Å². The van der Waals surface area contributed by atoms with Gasteiger partial charge in [-0.25, -0.2) is 0 Å². The molecule has 3 heteroatoms. The van der Waals surface area contributed by atoms with E-state index in [4.69, 9.17) is 8.83 Å². The van der Waals surface area contributed by atoms with Crippen LogP contribution in [0.1, 0.15) is 0 Å². The fourth-order valence-corrected chi connectivity index (χ4v) is 8.98. The van der Waals surface area contributed by atoms with Gasteiger partial charge in [0.25, 0.3) is 0 Å². The number of para-hydroxylation sites is 3. The van der Waals surface area contributed by atoms with Gasteiger partial charge in [0.1, 0.15) is 16.7 Å². The molecule has 0 aliphatic heterocycles. The van der Waals surface area contributed by atoms with E-state index in [9.17, 15) is 0 Å². The van der Waals surface area contributed by atoms with Crippen molar-refractivity contribution in [1.29, 1.82) is 0 Å². The molecule has 0 saturated heterocycles. The number of rotatable bonds is 6. The highest BCUT2D eigenvalue weighted by molar-refractivity contribution is 6.12. The lowest BCUT2D eigenvalue weighted by Crippen LogP contribution is -2.10. The molecule has 2 heterocycles. The van der Waals surface area contributed by atoms with Gasteiger partial charge in [-0.3, -0.25) is 0 Å². The number of hydrogen-bond acceptors (Lipinski definition) is 3. The van der Waals surface area contributed by atoms with Gasteiger partial charge in [-0.05, 0) is 104 Å². The third-order valence-corrected chi connectivity index (χ3v) is 11.8. The molecule has 0 fully saturated rings. The predicted molar refractivity (Wildman–Crippen MR) is 247 cm³/mol. The molecule has 0 saturated carbocycles. The van der Waals surface area contributed by atoms with Gasteiger partial charge in [-0.1, -0.05) is 158 Å². The Bertz CT molecular complexity index is 3550. The van der Waals surface area contributed by atoms with Crippen LogP contribution >= 0.6 is 0 Å². The number of fused-ring (bicyclic) bond motifs is 8. The molecule has 59 heavy (non-hydrogen) atoms. The summed E-state index contributed by atoms with van der Waals surface area (Å²) in [6.45, 7) is 0. The first-order chi connectivity index (χ1) is 29.2. The smallest absolute Gasteiger partial charge is 0.159 e. The lowest BCUT2D eigenvalue weighted by Gasteiger charge is -2.26. The summed E-state index contributed by atoms with van der Waals surface area (Å²) in [7, 11) is 0. The lowest BCUT2D eigenvalue weighted by atomic mass is 9.97. The van der Waals surface area contributed by atoms with E-state index in [1.807, 2.05) is 18.2 Å². The fraction of sp³-hybridized carbons (Fsp3) is 0. The zero-order valence-corrected chi connectivity index (χ0v) is 32.0. The Kier molecular flexibility index (Phi) is 7.54. The molecule has 10 aromatic carbocycles. The van der Waals surface area contributed by atoms with Crippen LogP contribution in [-0.4, -0.2) is 0 Å². The predicted octanol–water partition coefficient (Wildman–Crippen LogP) is 16.3. The van der Waals surface area contributed by atoms with Gasteiger partial charge < -0.3 is 13.7 Å². The zero-order valence-electron chi connectivity index (χ0n) is 32.0. The van der Waals surface area contributed by atoms with E-state index in [0.717, 1.165) is 88.6 Å². The molecule has 276 valence electrons. The van der Waals surface area contributed by atoms with Gasteiger partial charge in [0.05, 0.1) is 5.69 Å². The highest BCUT2D eigenvalue weighted by atomic mass is 16.3. The minimum absolute atomic E-state index is 0.861. The lowest BCUT2D eigenvalue weighted by molar-refractivity contribution is 0.669. The van der Waals surface area contributed by atoms with E-state index in [0.29, 0.717) is 0 Å². The molecule has 0 radical (unpaired) electrons. The Morgan fingerprint density at radius 3 is 1.76 bits per heavy atom. The third-order valence-electron chi connectivity index (χ3n) is 11.8. The van der Waals surface area contributed by atoms with Crippen LogP contribution in [0.3, 0.4) is 0 Å². The molecular formula is C56H35NO2. The minimum Gasteiger partial charge on any atom is -0.455 e. The molecule has 0 unspecified atom stereocenters. The van der Waals surface area contributed by atoms with E-state index in [1.165, 1.54) is 27.3 Å². The van der Waals surface area contributed by atoms with Crippen molar-refractivity contribution < 1.29 is 8.83 Å². The van der Waals surface area contributed by atoms with Crippen LogP contribution in [0.15, 0.2) is 221 Å². The average molecular weight is 754 g/mol. The van der Waals surface area contributed by atoms with Crippen LogP contribution in [0.2, 0.25) is 0 Å². The quantitative estimate of drug-likeness (QED) is 0.169. The maximum atomic E-state index is 6.63. The average Bonchev–Trinajstić information content (AvgIpc) is 3.88. The normalized spacial score (nSPS) is 11.7. The number of hydrogen-bond donors (Lipinski definition) is 0. The van der Waals surface area contributed by atoms with Gasteiger partial charge in [0.2, 0.25) is 0 Å². The van der Waals surface area contributed by atoms with Gasteiger partial charge in [0.15, 0.2) is 5.58 Å². The van der Waals surface area contributed by atoms with Gasteiger partial charge in [-0.15, -0.1) is 0 Å². The van der Waals surface area contributed by atoms with Crippen molar-refractivity contribution in [3.05, 3.63) is 212 Å². The van der Waals surface area contributed by atoms with Crippen molar-refractivity contribution in [3.8, 4) is 33.4 Å². The molecule has 0 spiro atoms. The maximum absolute atomic E-state index is 6.63. The van der Waals surface area contributed by atoms with Crippen LogP contribution in [-0.2, 0) is 0 Å². The van der Waals surface area contributed by atoms with Crippen molar-refractivity contribution in [2.75, 3.05) is 4.90 Å². The Hall–Kier alpha value is -7.88. The first-order valence-corrected chi connectivity index (χ1v) is 20.1. The molecule has 0 N–H and O–H groups in total.